The van der Waals surface area contributed by atoms with E-state index in [0.717, 1.165) is 5.56 Å². The van der Waals surface area contributed by atoms with E-state index in [-0.39, 0.29) is 30.7 Å². The predicted molar refractivity (Wildman–Crippen MR) is 88.2 cm³/mol. The van der Waals surface area contributed by atoms with E-state index in [1.807, 2.05) is 13.8 Å². The Hall–Kier alpha value is -2.37. The number of nitrogens with one attached hydrogen (secondary N) is 2. The number of carboxylic acids is 1. The summed E-state index contributed by atoms with van der Waals surface area (Å²) in [5.41, 5.74) is 1.58. The third kappa shape index (κ3) is 8.60. The van der Waals surface area contributed by atoms with Crippen molar-refractivity contribution in [1.82, 2.24) is 5.32 Å². The quantitative estimate of drug-likeness (QED) is 0.651. The number of aliphatic carboxylic acids is 1. The van der Waals surface area contributed by atoms with Gasteiger partial charge >= 0.3 is 5.97 Å². The first kappa shape index (κ1) is 18.7. The molecule has 2 amide bonds. The van der Waals surface area contributed by atoms with Crippen LogP contribution in [0.5, 0.6) is 0 Å². The van der Waals surface area contributed by atoms with Crippen LogP contribution in [-0.2, 0) is 20.8 Å². The highest BCUT2D eigenvalue weighted by molar-refractivity contribution is 5.91. The normalized spacial score (nSPS) is 10.4. The molecule has 0 radical (unpaired) electrons. The molecule has 23 heavy (non-hydrogen) atoms. The van der Waals surface area contributed by atoms with Gasteiger partial charge in [-0.05, 0) is 44.4 Å². The van der Waals surface area contributed by atoms with Gasteiger partial charge in [-0.3, -0.25) is 14.4 Å². The van der Waals surface area contributed by atoms with E-state index in [1.54, 1.807) is 24.3 Å². The molecular formula is C17H24N2O4. The van der Waals surface area contributed by atoms with Crippen LogP contribution in [0.25, 0.3) is 0 Å². The summed E-state index contributed by atoms with van der Waals surface area (Å²) in [5, 5.41) is 14.2. The number of amides is 2. The predicted octanol–water partition coefficient (Wildman–Crippen LogP) is 2.34. The molecule has 0 fully saturated rings. The highest BCUT2D eigenvalue weighted by Crippen LogP contribution is 2.12. The van der Waals surface area contributed by atoms with Crippen molar-refractivity contribution in [2.75, 3.05) is 5.32 Å². The van der Waals surface area contributed by atoms with Crippen molar-refractivity contribution in [2.45, 2.75) is 52.0 Å². The molecule has 1 rings (SSSR count). The van der Waals surface area contributed by atoms with E-state index < -0.39 is 5.97 Å². The fraction of sp³-hybridized carbons (Fsp3) is 0.471. The van der Waals surface area contributed by atoms with Gasteiger partial charge in [0.1, 0.15) is 0 Å². The summed E-state index contributed by atoms with van der Waals surface area (Å²) in [6.45, 7) is 3.79. The summed E-state index contributed by atoms with van der Waals surface area (Å²) in [5.74, 6) is -1.01. The van der Waals surface area contributed by atoms with Gasteiger partial charge in [0.25, 0.3) is 0 Å². The van der Waals surface area contributed by atoms with Crippen LogP contribution in [0.15, 0.2) is 24.3 Å². The van der Waals surface area contributed by atoms with Crippen LogP contribution in [0.1, 0.15) is 45.1 Å². The Morgan fingerprint density at radius 2 is 1.61 bits per heavy atom. The maximum atomic E-state index is 11.8. The lowest BCUT2D eigenvalue weighted by atomic mass is 10.1. The minimum atomic E-state index is -0.830. The fourth-order valence-electron chi connectivity index (χ4n) is 2.03. The van der Waals surface area contributed by atoms with E-state index in [1.165, 1.54) is 0 Å². The number of benzene rings is 1. The number of hydrogen-bond donors (Lipinski definition) is 3. The molecular weight excluding hydrogens is 296 g/mol. The maximum Gasteiger partial charge on any atom is 0.303 e. The molecule has 0 bridgehead atoms. The summed E-state index contributed by atoms with van der Waals surface area (Å²) in [6, 6.07) is 7.21. The van der Waals surface area contributed by atoms with Crippen LogP contribution >= 0.6 is 0 Å². The van der Waals surface area contributed by atoms with Crippen molar-refractivity contribution < 1.29 is 19.5 Å². The smallest absolute Gasteiger partial charge is 0.303 e. The number of carbonyl (C=O) groups is 3. The third-order valence-corrected chi connectivity index (χ3v) is 3.12. The summed E-state index contributed by atoms with van der Waals surface area (Å²) >= 11 is 0. The molecule has 0 heterocycles. The van der Waals surface area contributed by atoms with Crippen LogP contribution in [0, 0.1) is 0 Å². The monoisotopic (exact) mass is 320 g/mol. The van der Waals surface area contributed by atoms with Crippen LogP contribution in [0.2, 0.25) is 0 Å². The van der Waals surface area contributed by atoms with E-state index >= 15 is 0 Å². The first-order chi connectivity index (χ1) is 10.9. The molecule has 0 spiro atoms. The Bertz CT molecular complexity index is 538. The number of aryl methyl sites for hydroxylation is 1. The van der Waals surface area contributed by atoms with Crippen LogP contribution in [0.3, 0.4) is 0 Å². The highest BCUT2D eigenvalue weighted by Gasteiger charge is 2.07. The number of carboxylic acid groups (broad SMARTS) is 1. The average Bonchev–Trinajstić information content (AvgIpc) is 2.45. The van der Waals surface area contributed by atoms with E-state index in [2.05, 4.69) is 10.6 Å². The van der Waals surface area contributed by atoms with E-state index in [4.69, 9.17) is 5.11 Å². The zero-order chi connectivity index (χ0) is 17.2. The molecule has 0 aliphatic heterocycles. The van der Waals surface area contributed by atoms with Gasteiger partial charge in [0.2, 0.25) is 11.8 Å². The molecule has 6 heteroatoms. The summed E-state index contributed by atoms with van der Waals surface area (Å²) in [6.07, 6.45) is 1.67. The van der Waals surface area contributed by atoms with Crippen molar-refractivity contribution in [2.24, 2.45) is 0 Å². The molecule has 3 N–H and O–H groups in total. The fourth-order valence-corrected chi connectivity index (χ4v) is 2.03. The van der Waals surface area contributed by atoms with Crippen LogP contribution < -0.4 is 10.6 Å². The zero-order valence-corrected chi connectivity index (χ0v) is 13.6. The number of anilines is 1. The molecule has 6 nitrogen and oxygen atoms in total. The molecule has 1 aromatic rings. The van der Waals surface area contributed by atoms with Crippen LogP contribution in [0.4, 0.5) is 5.69 Å². The summed E-state index contributed by atoms with van der Waals surface area (Å²) in [4.78, 5) is 33.8. The van der Waals surface area contributed by atoms with Gasteiger partial charge in [0.15, 0.2) is 0 Å². The lowest BCUT2D eigenvalue weighted by Crippen LogP contribution is -2.30. The Labute approximate surface area is 136 Å². The molecule has 0 aliphatic rings. The van der Waals surface area contributed by atoms with Gasteiger partial charge in [0.05, 0.1) is 0 Å². The first-order valence-electron chi connectivity index (χ1n) is 7.76. The van der Waals surface area contributed by atoms with Crippen LogP contribution in [-0.4, -0.2) is 28.9 Å². The number of carbonyl (C=O) groups excluding carboxylic acids is 2. The third-order valence-electron chi connectivity index (χ3n) is 3.12. The molecule has 1 aromatic carbocycles. The second kappa shape index (κ2) is 9.61. The number of hydrogen-bond acceptors (Lipinski definition) is 3. The minimum Gasteiger partial charge on any atom is -0.481 e. The van der Waals surface area contributed by atoms with Gasteiger partial charge in [-0.1, -0.05) is 12.1 Å². The molecule has 0 unspecified atom stereocenters. The molecule has 0 saturated carbocycles. The molecule has 0 aliphatic carbocycles. The standard InChI is InChI=1S/C17H24N2O4/c1-12(2)18-15(20)4-3-5-16(21)19-14-9-6-13(7-10-14)8-11-17(22)23/h6-7,9-10,12H,3-5,8,11H2,1-2H3,(H,18,20)(H,19,21)(H,22,23). The Kier molecular flexibility index (Phi) is 7.80. The molecule has 0 aromatic heterocycles. The lowest BCUT2D eigenvalue weighted by molar-refractivity contribution is -0.137. The van der Waals surface area contributed by atoms with E-state index in [9.17, 15) is 14.4 Å². The van der Waals surface area contributed by atoms with Gasteiger partial charge in [-0.2, -0.15) is 0 Å². The summed E-state index contributed by atoms with van der Waals surface area (Å²) in [7, 11) is 0. The first-order valence-corrected chi connectivity index (χ1v) is 7.76. The minimum absolute atomic E-state index is 0.0458. The lowest BCUT2D eigenvalue weighted by Gasteiger charge is -2.08. The van der Waals surface area contributed by atoms with Crippen molar-refractivity contribution in [3.05, 3.63) is 29.8 Å². The van der Waals surface area contributed by atoms with Gasteiger partial charge in [-0.15, -0.1) is 0 Å². The van der Waals surface area contributed by atoms with Gasteiger partial charge in [-0.25, -0.2) is 0 Å². The molecule has 0 atom stereocenters. The topological polar surface area (TPSA) is 95.5 Å². The van der Waals surface area contributed by atoms with Crippen molar-refractivity contribution in [3.8, 4) is 0 Å². The van der Waals surface area contributed by atoms with E-state index in [0.29, 0.717) is 24.9 Å². The zero-order valence-electron chi connectivity index (χ0n) is 13.6. The van der Waals surface area contributed by atoms with Crippen molar-refractivity contribution >= 4 is 23.5 Å². The van der Waals surface area contributed by atoms with Gasteiger partial charge in [0, 0.05) is 31.0 Å². The van der Waals surface area contributed by atoms with Gasteiger partial charge < -0.3 is 15.7 Å². The second-order valence-corrected chi connectivity index (χ2v) is 5.71. The maximum absolute atomic E-state index is 11.8. The Morgan fingerprint density at radius 1 is 1.00 bits per heavy atom. The number of rotatable bonds is 9. The second-order valence-electron chi connectivity index (χ2n) is 5.71. The Balaban J connectivity index is 2.31. The highest BCUT2D eigenvalue weighted by atomic mass is 16.4. The largest absolute Gasteiger partial charge is 0.481 e. The average molecular weight is 320 g/mol. The SMILES string of the molecule is CC(C)NC(=O)CCCC(=O)Nc1ccc(CCC(=O)O)cc1. The summed E-state index contributed by atoms with van der Waals surface area (Å²) < 4.78 is 0. The molecule has 126 valence electrons. The van der Waals surface area contributed by atoms with Crippen molar-refractivity contribution in [1.29, 1.82) is 0 Å². The van der Waals surface area contributed by atoms with Crippen molar-refractivity contribution in [3.63, 3.8) is 0 Å². The molecule has 0 saturated heterocycles. The Morgan fingerprint density at radius 3 is 2.17 bits per heavy atom.